The van der Waals surface area contributed by atoms with E-state index in [-0.39, 0.29) is 289 Å². The summed E-state index contributed by atoms with van der Waals surface area (Å²) in [5, 5.41) is 0. The molecule has 0 unspecified atom stereocenters. The molecule has 0 radical (unpaired) electrons. The molecule has 0 spiro atoms. The Kier molecular flexibility index (Phi) is 48.6. The first-order chi connectivity index (χ1) is 10.4. The Balaban J connectivity index is -0.000000176. The molecule has 0 amide bonds. The molecule has 0 aromatic rings. The summed E-state index contributed by atoms with van der Waals surface area (Å²) in [7, 11) is -18.7. The zero-order valence-electron chi connectivity index (χ0n) is 17.9. The van der Waals surface area contributed by atoms with Crippen LogP contribution in [0.25, 0.3) is 0 Å². The summed E-state index contributed by atoms with van der Waals surface area (Å²) >= 11 is 0. The van der Waals surface area contributed by atoms with Gasteiger partial charge in [-0.25, -0.2) is 0 Å². The van der Waals surface area contributed by atoms with Gasteiger partial charge in [-0.3, -0.25) is 23.2 Å². The Bertz CT molecular complexity index is 512. The van der Waals surface area contributed by atoms with Gasteiger partial charge in [0.05, 0.1) is 6.54 Å². The zero-order valence-corrected chi connectivity index (χ0v) is 41.1. The fourth-order valence-electron chi connectivity index (χ4n) is 1.81. The van der Waals surface area contributed by atoms with E-state index in [1.165, 1.54) is 0 Å². The van der Waals surface area contributed by atoms with Crippen molar-refractivity contribution < 1.29 is 347 Å². The van der Waals surface area contributed by atoms with Gasteiger partial charge in [-0.05, 0) is 0 Å². The SMILES string of the molecule is O=P(O)(O)CN(CC[NH+](CP(=O)(O)O)CP(=O)(O)O)CP(=O)(O)O.[Cd].[K+].[K+].[K+].[K+].[K+]. The van der Waals surface area contributed by atoms with Crippen molar-refractivity contribution in [3.8, 4) is 0 Å². The molecule has 24 heteroatoms. The largest absolute Gasteiger partial charge is 1.00 e. The summed E-state index contributed by atoms with van der Waals surface area (Å²) in [6.45, 7) is -0.887. The van der Waals surface area contributed by atoms with E-state index in [0.29, 0.717) is 4.90 Å². The fraction of sp³-hybridized carbons (Fsp3) is 1.00. The molecule has 148 valence electrons. The number of hydrogen-bond donors (Lipinski definition) is 9. The van der Waals surface area contributed by atoms with Crippen molar-refractivity contribution >= 4 is 30.4 Å². The van der Waals surface area contributed by atoms with Gasteiger partial charge in [0.1, 0.15) is 12.6 Å². The smallest absolute Gasteiger partial charge is 0.324 e. The number of nitrogens with one attached hydrogen (secondary N) is 1. The summed E-state index contributed by atoms with van der Waals surface area (Å²) in [4.78, 5) is 71.5. The molecular weight excluding hydrogens is 724 g/mol. The van der Waals surface area contributed by atoms with E-state index < -0.39 is 68.6 Å². The van der Waals surface area contributed by atoms with Gasteiger partial charge in [-0.1, -0.05) is 0 Å². The van der Waals surface area contributed by atoms with Crippen LogP contribution in [-0.2, 0) is 45.6 Å². The monoisotopic (exact) mass is 746 g/mol. The van der Waals surface area contributed by atoms with Gasteiger partial charge in [0.25, 0.3) is 0 Å². The van der Waals surface area contributed by atoms with E-state index in [1.807, 2.05) is 0 Å². The summed E-state index contributed by atoms with van der Waals surface area (Å²) in [6.07, 6.45) is -3.98. The van der Waals surface area contributed by atoms with Crippen molar-refractivity contribution in [3.05, 3.63) is 0 Å². The molecule has 0 aromatic carbocycles. The van der Waals surface area contributed by atoms with Crippen LogP contribution in [0.5, 0.6) is 0 Å². The molecular formula is C6H21CdK5N2O12P4+6. The van der Waals surface area contributed by atoms with Crippen molar-refractivity contribution in [2.45, 2.75) is 0 Å². The summed E-state index contributed by atoms with van der Waals surface area (Å²) < 4.78 is 43.9. The van der Waals surface area contributed by atoms with Gasteiger partial charge in [0, 0.05) is 33.8 Å². The molecule has 14 nitrogen and oxygen atoms in total. The third-order valence-corrected chi connectivity index (χ3v) is 5.66. The van der Waals surface area contributed by atoms with Crippen LogP contribution in [0.15, 0.2) is 0 Å². The predicted octanol–water partition coefficient (Wildman–Crippen LogP) is -18.3. The van der Waals surface area contributed by atoms with Gasteiger partial charge in [0.15, 0.2) is 12.6 Å². The van der Waals surface area contributed by atoms with Crippen LogP contribution in [0.4, 0.5) is 0 Å². The Morgan fingerprint density at radius 1 is 0.567 bits per heavy atom. The first kappa shape index (κ1) is 55.5. The number of quaternary nitrogens is 1. The van der Waals surface area contributed by atoms with Crippen molar-refractivity contribution in [3.63, 3.8) is 0 Å². The first-order valence-electron chi connectivity index (χ1n) is 6.10. The predicted molar refractivity (Wildman–Crippen MR) is 80.2 cm³/mol. The van der Waals surface area contributed by atoms with Crippen LogP contribution >= 0.6 is 30.4 Å². The normalized spacial score (nSPS) is 11.7. The molecule has 0 aliphatic heterocycles. The molecule has 0 aromatic heterocycles. The zero-order chi connectivity index (χ0) is 19.4. The summed E-state index contributed by atoms with van der Waals surface area (Å²) in [5.41, 5.74) is 0. The average Bonchev–Trinajstić information content (AvgIpc) is 2.16. The van der Waals surface area contributed by atoms with Gasteiger partial charge in [-0.2, -0.15) is 0 Å². The van der Waals surface area contributed by atoms with Crippen molar-refractivity contribution in [2.75, 3.05) is 38.2 Å². The maximum atomic E-state index is 11.0. The minimum Gasteiger partial charge on any atom is -0.324 e. The van der Waals surface area contributed by atoms with Gasteiger partial charge in [-0.15, -0.1) is 0 Å². The van der Waals surface area contributed by atoms with Crippen LogP contribution in [-0.4, -0.2) is 82.3 Å². The molecule has 0 atom stereocenters. The third-order valence-electron chi connectivity index (χ3n) is 2.41. The van der Waals surface area contributed by atoms with Crippen LogP contribution in [0.3, 0.4) is 0 Å². The Morgan fingerprint density at radius 2 is 0.833 bits per heavy atom. The van der Waals surface area contributed by atoms with E-state index in [4.69, 9.17) is 39.1 Å². The van der Waals surface area contributed by atoms with E-state index in [1.54, 1.807) is 0 Å². The van der Waals surface area contributed by atoms with Gasteiger partial charge < -0.3 is 44.0 Å². The first-order valence-corrected chi connectivity index (χ1v) is 13.3. The molecule has 0 aliphatic carbocycles. The molecule has 30 heavy (non-hydrogen) atoms. The van der Waals surface area contributed by atoms with Crippen LogP contribution < -0.4 is 262 Å². The van der Waals surface area contributed by atoms with E-state index in [0.717, 1.165) is 0 Å². The van der Waals surface area contributed by atoms with Crippen LogP contribution in [0, 0.1) is 0 Å². The number of rotatable bonds is 11. The minimum absolute atomic E-state index is 0. The second-order valence-electron chi connectivity index (χ2n) is 5.15. The van der Waals surface area contributed by atoms with Crippen molar-refractivity contribution in [2.24, 2.45) is 0 Å². The van der Waals surface area contributed by atoms with Crippen LogP contribution in [0.1, 0.15) is 0 Å². The summed E-state index contributed by atoms with van der Waals surface area (Å²) in [5.74, 6) is 0. The fourth-order valence-corrected chi connectivity index (χ4v) is 5.38. The molecule has 0 bridgehead atoms. The minimum atomic E-state index is -4.68. The quantitative estimate of drug-likeness (QED) is 0.0707. The standard InChI is InChI=1S/C6H20N2O12P4.Cd.5K/c9-21(10,11)3-7(4-22(12,13)14)1-2-8(5-23(15,16)17)6-24(18,19)20;;;;;;/h1-6H2,(H2,9,10,11)(H2,12,13,14)(H2,15,16,17)(H2,18,19,20);;;;;;/q;;5*+1/p+1. The van der Waals surface area contributed by atoms with Crippen LogP contribution in [0.2, 0.25) is 0 Å². The summed E-state index contributed by atoms with van der Waals surface area (Å²) in [6, 6.07) is 0. The maximum Gasteiger partial charge on any atom is 1.00 e. The second kappa shape index (κ2) is 26.3. The second-order valence-corrected chi connectivity index (χ2v) is 11.7. The number of hydrogen-bond acceptors (Lipinski definition) is 5. The van der Waals surface area contributed by atoms with E-state index in [9.17, 15) is 18.3 Å². The topological polar surface area (TPSA) is 238 Å². The van der Waals surface area contributed by atoms with E-state index >= 15 is 0 Å². The third kappa shape index (κ3) is 42.1. The Hall–Kier alpha value is 9.62. The molecule has 0 saturated carbocycles. The Morgan fingerprint density at radius 3 is 1.03 bits per heavy atom. The van der Waals surface area contributed by atoms with Crippen molar-refractivity contribution in [1.82, 2.24) is 4.90 Å². The molecule has 0 rings (SSSR count). The molecule has 0 fully saturated rings. The molecule has 0 heterocycles. The number of nitrogens with zero attached hydrogens (tertiary/aromatic N) is 1. The van der Waals surface area contributed by atoms with Crippen molar-refractivity contribution in [1.29, 1.82) is 0 Å². The average molecular weight is 745 g/mol. The van der Waals surface area contributed by atoms with Gasteiger partial charge >= 0.3 is 287 Å². The van der Waals surface area contributed by atoms with E-state index in [2.05, 4.69) is 0 Å². The maximum absolute atomic E-state index is 11.0. The Labute approximate surface area is 407 Å². The molecule has 0 aliphatic rings. The molecule has 9 N–H and O–H groups in total. The molecule has 0 saturated heterocycles. The van der Waals surface area contributed by atoms with Gasteiger partial charge in [0.2, 0.25) is 0 Å².